The van der Waals surface area contributed by atoms with Crippen molar-refractivity contribution in [3.8, 4) is 0 Å². The van der Waals surface area contributed by atoms with Crippen LogP contribution in [0.5, 0.6) is 0 Å². The Bertz CT molecular complexity index is 384. The highest BCUT2D eigenvalue weighted by molar-refractivity contribution is 5.89. The Morgan fingerprint density at radius 1 is 1.60 bits per heavy atom. The third-order valence-electron chi connectivity index (χ3n) is 1.65. The van der Waals surface area contributed by atoms with Crippen molar-refractivity contribution in [2.75, 3.05) is 12.4 Å². The van der Waals surface area contributed by atoms with E-state index in [1.54, 1.807) is 12.1 Å². The first-order valence-corrected chi connectivity index (χ1v) is 4.14. The molecule has 0 aliphatic heterocycles. The summed E-state index contributed by atoms with van der Waals surface area (Å²) < 4.78 is 4.53. The Hall–Kier alpha value is -2.17. The molecule has 0 radical (unpaired) electrons. The molecule has 15 heavy (non-hydrogen) atoms. The van der Waals surface area contributed by atoms with Crippen LogP contribution in [0, 0.1) is 0 Å². The highest BCUT2D eigenvalue weighted by Crippen LogP contribution is 2.08. The SMILES string of the molecule is C=NC(=C)Nc1ccc(C(=O)OC)cn1. The minimum Gasteiger partial charge on any atom is -0.465 e. The van der Waals surface area contributed by atoms with Crippen LogP contribution in [0.3, 0.4) is 0 Å². The minimum absolute atomic E-state index is 0.389. The summed E-state index contributed by atoms with van der Waals surface area (Å²) >= 11 is 0. The first-order valence-electron chi connectivity index (χ1n) is 4.14. The molecular formula is C10H11N3O2. The quantitative estimate of drug-likeness (QED) is 0.597. The van der Waals surface area contributed by atoms with Gasteiger partial charge in [0.2, 0.25) is 0 Å². The molecule has 0 bridgehead atoms. The molecule has 0 spiro atoms. The Labute approximate surface area is 87.5 Å². The zero-order valence-electron chi connectivity index (χ0n) is 8.36. The molecule has 1 aromatic heterocycles. The van der Waals surface area contributed by atoms with E-state index in [9.17, 15) is 4.79 Å². The van der Waals surface area contributed by atoms with Crippen LogP contribution in [0.1, 0.15) is 10.4 Å². The number of aliphatic imine (C=N–C) groups is 1. The second-order valence-corrected chi connectivity index (χ2v) is 2.65. The predicted octanol–water partition coefficient (Wildman–Crippen LogP) is 1.45. The molecule has 0 unspecified atom stereocenters. The second-order valence-electron chi connectivity index (χ2n) is 2.65. The molecule has 0 aliphatic carbocycles. The summed E-state index contributed by atoms with van der Waals surface area (Å²) in [4.78, 5) is 18.6. The first kappa shape index (κ1) is 10.9. The van der Waals surface area contributed by atoms with Crippen molar-refractivity contribution < 1.29 is 9.53 Å². The van der Waals surface area contributed by atoms with E-state index in [4.69, 9.17) is 0 Å². The zero-order chi connectivity index (χ0) is 11.3. The van der Waals surface area contributed by atoms with E-state index in [2.05, 4.69) is 33.3 Å². The number of pyridine rings is 1. The fourth-order valence-corrected chi connectivity index (χ4v) is 0.894. The van der Waals surface area contributed by atoms with Gasteiger partial charge in [-0.25, -0.2) is 14.8 Å². The molecule has 78 valence electrons. The average molecular weight is 205 g/mol. The van der Waals surface area contributed by atoms with Crippen LogP contribution in [0.15, 0.2) is 35.7 Å². The highest BCUT2D eigenvalue weighted by atomic mass is 16.5. The van der Waals surface area contributed by atoms with Gasteiger partial charge in [-0.1, -0.05) is 6.58 Å². The largest absolute Gasteiger partial charge is 0.465 e. The van der Waals surface area contributed by atoms with Gasteiger partial charge in [0.1, 0.15) is 11.6 Å². The number of anilines is 1. The molecule has 5 nitrogen and oxygen atoms in total. The van der Waals surface area contributed by atoms with Crippen LogP contribution >= 0.6 is 0 Å². The standard InChI is InChI=1S/C10H11N3O2/c1-7(11-2)13-9-5-4-8(6-12-9)10(14)15-3/h4-6H,1-2H2,3H3,(H,12,13). The van der Waals surface area contributed by atoms with Gasteiger partial charge in [0.25, 0.3) is 0 Å². The summed E-state index contributed by atoms with van der Waals surface area (Å²) in [6, 6.07) is 3.22. The number of aromatic nitrogens is 1. The lowest BCUT2D eigenvalue weighted by Crippen LogP contribution is -2.03. The van der Waals surface area contributed by atoms with E-state index >= 15 is 0 Å². The van der Waals surface area contributed by atoms with Gasteiger partial charge >= 0.3 is 5.97 Å². The molecule has 0 saturated heterocycles. The van der Waals surface area contributed by atoms with Gasteiger partial charge in [0.15, 0.2) is 0 Å². The van der Waals surface area contributed by atoms with Gasteiger partial charge in [0, 0.05) is 6.20 Å². The summed E-state index contributed by atoms with van der Waals surface area (Å²) in [5.74, 6) is 0.517. The number of esters is 1. The number of nitrogens with one attached hydrogen (secondary N) is 1. The monoisotopic (exact) mass is 205 g/mol. The lowest BCUT2D eigenvalue weighted by Gasteiger charge is -2.04. The van der Waals surface area contributed by atoms with E-state index in [0.717, 1.165) is 0 Å². The van der Waals surface area contributed by atoms with E-state index in [1.165, 1.54) is 13.3 Å². The lowest BCUT2D eigenvalue weighted by atomic mass is 10.3. The van der Waals surface area contributed by atoms with Crippen molar-refractivity contribution in [1.29, 1.82) is 0 Å². The number of rotatable bonds is 4. The Morgan fingerprint density at radius 3 is 2.80 bits per heavy atom. The summed E-state index contributed by atoms with van der Waals surface area (Å²) in [5, 5.41) is 2.79. The highest BCUT2D eigenvalue weighted by Gasteiger charge is 2.04. The first-order chi connectivity index (χ1) is 7.17. The topological polar surface area (TPSA) is 63.6 Å². The predicted molar refractivity (Wildman–Crippen MR) is 57.9 cm³/mol. The number of hydrogen-bond donors (Lipinski definition) is 1. The van der Waals surface area contributed by atoms with E-state index < -0.39 is 5.97 Å². The number of carbonyl (C=O) groups excluding carboxylic acids is 1. The maximum atomic E-state index is 11.1. The molecule has 0 fully saturated rings. The van der Waals surface area contributed by atoms with Crippen LogP contribution < -0.4 is 5.32 Å². The molecular weight excluding hydrogens is 194 g/mol. The van der Waals surface area contributed by atoms with Crippen molar-refractivity contribution in [3.05, 3.63) is 36.3 Å². The molecule has 5 heteroatoms. The normalized spacial score (nSPS) is 9.13. The zero-order valence-corrected chi connectivity index (χ0v) is 8.36. The smallest absolute Gasteiger partial charge is 0.339 e. The fourth-order valence-electron chi connectivity index (χ4n) is 0.894. The Balaban J connectivity index is 2.76. The van der Waals surface area contributed by atoms with Gasteiger partial charge < -0.3 is 10.1 Å². The summed E-state index contributed by atoms with van der Waals surface area (Å²) in [6.45, 7) is 6.87. The van der Waals surface area contributed by atoms with Crippen molar-refractivity contribution in [3.63, 3.8) is 0 Å². The number of carbonyl (C=O) groups is 1. The summed E-state index contributed by atoms with van der Waals surface area (Å²) in [5.41, 5.74) is 0.389. The lowest BCUT2D eigenvalue weighted by molar-refractivity contribution is 0.0600. The fraction of sp³-hybridized carbons (Fsp3) is 0.100. The molecule has 1 N–H and O–H groups in total. The van der Waals surface area contributed by atoms with Crippen LogP contribution in [-0.4, -0.2) is 24.8 Å². The van der Waals surface area contributed by atoms with Crippen molar-refractivity contribution in [1.82, 2.24) is 4.98 Å². The maximum Gasteiger partial charge on any atom is 0.339 e. The van der Waals surface area contributed by atoms with Gasteiger partial charge in [-0.2, -0.15) is 0 Å². The molecule has 0 atom stereocenters. The third-order valence-corrected chi connectivity index (χ3v) is 1.65. The summed E-state index contributed by atoms with van der Waals surface area (Å²) in [6.07, 6.45) is 1.41. The number of ether oxygens (including phenoxy) is 1. The minimum atomic E-state index is -0.422. The Morgan fingerprint density at radius 2 is 2.33 bits per heavy atom. The van der Waals surface area contributed by atoms with Crippen LogP contribution in [0.25, 0.3) is 0 Å². The summed E-state index contributed by atoms with van der Waals surface area (Å²) in [7, 11) is 1.32. The van der Waals surface area contributed by atoms with Gasteiger partial charge in [-0.15, -0.1) is 0 Å². The van der Waals surface area contributed by atoms with E-state index in [1.807, 2.05) is 0 Å². The Kier molecular flexibility index (Phi) is 3.56. The molecule has 0 saturated carbocycles. The molecule has 1 heterocycles. The molecule has 0 amide bonds. The van der Waals surface area contributed by atoms with Crippen molar-refractivity contribution in [2.45, 2.75) is 0 Å². The van der Waals surface area contributed by atoms with Gasteiger partial charge in [-0.05, 0) is 18.9 Å². The number of hydrogen-bond acceptors (Lipinski definition) is 5. The van der Waals surface area contributed by atoms with Crippen LogP contribution in [0.4, 0.5) is 5.82 Å². The van der Waals surface area contributed by atoms with Gasteiger partial charge in [0.05, 0.1) is 12.7 Å². The van der Waals surface area contributed by atoms with Crippen LogP contribution in [-0.2, 0) is 4.74 Å². The van der Waals surface area contributed by atoms with Crippen LogP contribution in [0.2, 0.25) is 0 Å². The van der Waals surface area contributed by atoms with E-state index in [-0.39, 0.29) is 0 Å². The van der Waals surface area contributed by atoms with Gasteiger partial charge in [-0.3, -0.25) is 0 Å². The maximum absolute atomic E-state index is 11.1. The molecule has 1 aromatic rings. The molecule has 0 aliphatic rings. The third kappa shape index (κ3) is 2.91. The second kappa shape index (κ2) is 4.90. The molecule has 0 aromatic carbocycles. The van der Waals surface area contributed by atoms with E-state index in [0.29, 0.717) is 17.2 Å². The number of nitrogens with zero attached hydrogens (tertiary/aromatic N) is 2. The van der Waals surface area contributed by atoms with Crippen molar-refractivity contribution >= 4 is 18.5 Å². The molecule has 1 rings (SSSR count). The van der Waals surface area contributed by atoms with Crippen molar-refractivity contribution in [2.24, 2.45) is 4.99 Å². The number of methoxy groups -OCH3 is 1. The average Bonchev–Trinajstić information content (AvgIpc) is 2.29.